The maximum Gasteiger partial charge on any atom is 0.416 e. The van der Waals surface area contributed by atoms with E-state index in [1.807, 2.05) is 72.6 Å². The molecule has 7 heteroatoms. The van der Waals surface area contributed by atoms with E-state index in [9.17, 15) is 18.0 Å². The lowest BCUT2D eigenvalue weighted by atomic mass is 10.1. The second kappa shape index (κ2) is 11.5. The molecule has 0 radical (unpaired) electrons. The van der Waals surface area contributed by atoms with E-state index in [4.69, 9.17) is 9.47 Å². The first kappa shape index (κ1) is 24.3. The highest BCUT2D eigenvalue weighted by molar-refractivity contribution is 5.71. The number of carbonyl (C=O) groups excluding carboxylic acids is 1. The van der Waals surface area contributed by atoms with Crippen molar-refractivity contribution < 1.29 is 27.4 Å². The molecule has 0 heterocycles. The zero-order valence-electron chi connectivity index (χ0n) is 18.3. The summed E-state index contributed by atoms with van der Waals surface area (Å²) in [7, 11) is 1.81. The number of esters is 1. The van der Waals surface area contributed by atoms with Crippen LogP contribution in [0.5, 0.6) is 5.75 Å². The van der Waals surface area contributed by atoms with Crippen LogP contribution in [-0.2, 0) is 22.3 Å². The van der Waals surface area contributed by atoms with Crippen molar-refractivity contribution in [1.29, 1.82) is 0 Å². The van der Waals surface area contributed by atoms with Gasteiger partial charge in [0.25, 0.3) is 0 Å². The number of likely N-dealkylation sites (N-methyl/N-ethyl adjacent to an activating group) is 1. The summed E-state index contributed by atoms with van der Waals surface area (Å²) < 4.78 is 49.8. The first-order chi connectivity index (χ1) is 15.8. The quantitative estimate of drug-likeness (QED) is 0.356. The van der Waals surface area contributed by atoms with Crippen LogP contribution in [0.2, 0.25) is 0 Å². The number of halogens is 3. The Morgan fingerprint density at radius 1 is 0.909 bits per heavy atom. The molecule has 3 aromatic rings. The molecule has 33 heavy (non-hydrogen) atoms. The summed E-state index contributed by atoms with van der Waals surface area (Å²) in [4.78, 5) is 14.0. The highest BCUT2D eigenvalue weighted by Gasteiger charge is 2.30. The molecule has 0 aliphatic carbocycles. The number of hydrogen-bond donors (Lipinski definition) is 0. The van der Waals surface area contributed by atoms with Crippen LogP contribution in [0.3, 0.4) is 0 Å². The zero-order valence-corrected chi connectivity index (χ0v) is 18.3. The molecule has 0 bridgehead atoms. The Bertz CT molecular complexity index is 993. The molecule has 0 amide bonds. The third-order valence-electron chi connectivity index (χ3n) is 5.05. The van der Waals surface area contributed by atoms with E-state index in [0.29, 0.717) is 18.7 Å². The fourth-order valence-corrected chi connectivity index (χ4v) is 3.27. The van der Waals surface area contributed by atoms with Gasteiger partial charge in [-0.2, -0.15) is 13.2 Å². The number of carbonyl (C=O) groups is 1. The maximum absolute atomic E-state index is 12.8. The van der Waals surface area contributed by atoms with Crippen LogP contribution in [0.4, 0.5) is 13.2 Å². The Morgan fingerprint density at radius 2 is 1.52 bits per heavy atom. The van der Waals surface area contributed by atoms with Crippen molar-refractivity contribution in [2.75, 3.05) is 20.1 Å². The molecular formula is C26H26F3NO3. The lowest BCUT2D eigenvalue weighted by Gasteiger charge is -2.23. The van der Waals surface area contributed by atoms with Crippen LogP contribution in [0, 0.1) is 0 Å². The molecule has 3 aromatic carbocycles. The van der Waals surface area contributed by atoms with Crippen molar-refractivity contribution in [1.82, 2.24) is 4.90 Å². The predicted octanol–water partition coefficient (Wildman–Crippen LogP) is 5.89. The average molecular weight is 457 g/mol. The van der Waals surface area contributed by atoms with E-state index in [-0.39, 0.29) is 25.2 Å². The van der Waals surface area contributed by atoms with Gasteiger partial charge in [-0.05, 0) is 42.4 Å². The van der Waals surface area contributed by atoms with Gasteiger partial charge in [-0.15, -0.1) is 0 Å². The molecule has 0 aliphatic heterocycles. The molecule has 0 aromatic heterocycles. The Kier molecular flexibility index (Phi) is 8.49. The molecule has 0 fully saturated rings. The van der Waals surface area contributed by atoms with Crippen LogP contribution in [-0.4, -0.2) is 31.0 Å². The lowest BCUT2D eigenvalue weighted by molar-refractivity contribution is -0.146. The molecule has 174 valence electrons. The van der Waals surface area contributed by atoms with Crippen LogP contribution >= 0.6 is 0 Å². The van der Waals surface area contributed by atoms with Crippen molar-refractivity contribution in [2.45, 2.75) is 25.3 Å². The van der Waals surface area contributed by atoms with Crippen LogP contribution in [0.15, 0.2) is 84.9 Å². The summed E-state index contributed by atoms with van der Waals surface area (Å²) in [6.07, 6.45) is -4.24. The molecule has 3 rings (SSSR count). The van der Waals surface area contributed by atoms with Gasteiger partial charge in [0.2, 0.25) is 0 Å². The normalized spacial score (nSPS) is 12.4. The Balaban J connectivity index is 1.56. The van der Waals surface area contributed by atoms with Gasteiger partial charge >= 0.3 is 12.1 Å². The predicted molar refractivity (Wildman–Crippen MR) is 120 cm³/mol. The van der Waals surface area contributed by atoms with Crippen molar-refractivity contribution in [3.8, 4) is 5.75 Å². The smallest absolute Gasteiger partial charge is 0.416 e. The molecule has 0 spiro atoms. The summed E-state index contributed by atoms with van der Waals surface area (Å²) in [5, 5.41) is 0. The van der Waals surface area contributed by atoms with E-state index in [1.165, 1.54) is 12.1 Å². The Labute approximate surface area is 191 Å². The lowest BCUT2D eigenvalue weighted by Crippen LogP contribution is -2.29. The average Bonchev–Trinajstić information content (AvgIpc) is 2.81. The number of nitrogens with zero attached hydrogens (tertiary/aromatic N) is 1. The SMILES string of the molecule is CN(CCC(Oc1ccc(C(F)(F)F)cc1)c1ccccc1)CC(=O)OCc1ccccc1. The van der Waals surface area contributed by atoms with Gasteiger partial charge in [-0.25, -0.2) is 0 Å². The van der Waals surface area contributed by atoms with Gasteiger partial charge < -0.3 is 9.47 Å². The highest BCUT2D eigenvalue weighted by atomic mass is 19.4. The van der Waals surface area contributed by atoms with Crippen molar-refractivity contribution in [3.63, 3.8) is 0 Å². The minimum absolute atomic E-state index is 0.120. The summed E-state index contributed by atoms with van der Waals surface area (Å²) in [6, 6.07) is 23.6. The molecule has 0 saturated heterocycles. The van der Waals surface area contributed by atoms with E-state index in [1.54, 1.807) is 0 Å². The van der Waals surface area contributed by atoms with E-state index in [2.05, 4.69) is 0 Å². The van der Waals surface area contributed by atoms with Crippen molar-refractivity contribution >= 4 is 5.97 Å². The van der Waals surface area contributed by atoms with Crippen molar-refractivity contribution in [3.05, 3.63) is 102 Å². The fraction of sp³-hybridized carbons (Fsp3) is 0.269. The van der Waals surface area contributed by atoms with Gasteiger partial charge in [-0.3, -0.25) is 9.69 Å². The Hall–Kier alpha value is -3.32. The zero-order chi connectivity index (χ0) is 23.7. The molecule has 0 N–H and O–H groups in total. The standard InChI is InChI=1S/C26H26F3NO3/c1-30(18-25(31)32-19-20-8-4-2-5-9-20)17-16-24(21-10-6-3-7-11-21)33-23-14-12-22(13-15-23)26(27,28)29/h2-15,24H,16-19H2,1H3. The highest BCUT2D eigenvalue weighted by Crippen LogP contribution is 2.32. The number of ether oxygens (including phenoxy) is 2. The summed E-state index contributed by atoms with van der Waals surface area (Å²) in [5.74, 6) is 0.0167. The summed E-state index contributed by atoms with van der Waals surface area (Å²) in [6.45, 7) is 0.868. The summed E-state index contributed by atoms with van der Waals surface area (Å²) in [5.41, 5.74) is 1.10. The second-order valence-electron chi connectivity index (χ2n) is 7.71. The van der Waals surface area contributed by atoms with Crippen molar-refractivity contribution in [2.24, 2.45) is 0 Å². The fourth-order valence-electron chi connectivity index (χ4n) is 3.27. The molecule has 0 aliphatic rings. The van der Waals surface area contributed by atoms with E-state index < -0.39 is 11.7 Å². The topological polar surface area (TPSA) is 38.8 Å². The number of rotatable bonds is 10. The minimum atomic E-state index is -4.39. The van der Waals surface area contributed by atoms with Gasteiger partial charge in [0, 0.05) is 13.0 Å². The van der Waals surface area contributed by atoms with E-state index >= 15 is 0 Å². The van der Waals surface area contributed by atoms with Gasteiger partial charge in [0.1, 0.15) is 18.5 Å². The third kappa shape index (κ3) is 7.95. The first-order valence-electron chi connectivity index (χ1n) is 10.6. The summed E-state index contributed by atoms with van der Waals surface area (Å²) >= 11 is 0. The molecule has 1 unspecified atom stereocenters. The number of benzene rings is 3. The van der Waals surface area contributed by atoms with Gasteiger partial charge in [0.15, 0.2) is 0 Å². The van der Waals surface area contributed by atoms with Crippen LogP contribution in [0.1, 0.15) is 29.2 Å². The molecular weight excluding hydrogens is 431 g/mol. The minimum Gasteiger partial charge on any atom is -0.486 e. The van der Waals surface area contributed by atoms with Gasteiger partial charge in [0.05, 0.1) is 12.1 Å². The Morgan fingerprint density at radius 3 is 2.12 bits per heavy atom. The number of alkyl halides is 3. The number of hydrogen-bond acceptors (Lipinski definition) is 4. The molecule has 4 nitrogen and oxygen atoms in total. The second-order valence-corrected chi connectivity index (χ2v) is 7.71. The maximum atomic E-state index is 12.8. The first-order valence-corrected chi connectivity index (χ1v) is 10.6. The largest absolute Gasteiger partial charge is 0.486 e. The van der Waals surface area contributed by atoms with Crippen LogP contribution in [0.25, 0.3) is 0 Å². The van der Waals surface area contributed by atoms with E-state index in [0.717, 1.165) is 23.3 Å². The molecule has 1 atom stereocenters. The molecule has 0 saturated carbocycles. The van der Waals surface area contributed by atoms with Crippen LogP contribution < -0.4 is 4.74 Å². The monoisotopic (exact) mass is 457 g/mol. The third-order valence-corrected chi connectivity index (χ3v) is 5.05. The van der Waals surface area contributed by atoms with Gasteiger partial charge in [-0.1, -0.05) is 60.7 Å².